The maximum Gasteiger partial charge on any atom is 0.326 e. The van der Waals surface area contributed by atoms with Crippen LogP contribution in [0.3, 0.4) is 0 Å². The second-order valence-electron chi connectivity index (χ2n) is 8.82. The molecule has 0 radical (unpaired) electrons. The molecule has 0 saturated carbocycles. The van der Waals surface area contributed by atoms with Crippen molar-refractivity contribution in [3.05, 3.63) is 0 Å². The zero-order chi connectivity index (χ0) is 26.3. The Bertz CT molecular complexity index is 651. The van der Waals surface area contributed by atoms with Gasteiger partial charge in [0.05, 0.1) is 6.04 Å². The van der Waals surface area contributed by atoms with E-state index in [-0.39, 0.29) is 18.3 Å². The highest BCUT2D eigenvalue weighted by atomic mass is 32.2. The van der Waals surface area contributed by atoms with Gasteiger partial charge in [-0.25, -0.2) is 4.79 Å². The van der Waals surface area contributed by atoms with E-state index in [1.165, 1.54) is 0 Å². The summed E-state index contributed by atoms with van der Waals surface area (Å²) in [6.07, 6.45) is 5.09. The predicted molar refractivity (Wildman–Crippen MR) is 136 cm³/mol. The minimum atomic E-state index is -1.14. The zero-order valence-corrected chi connectivity index (χ0v) is 22.1. The molecule has 3 amide bonds. The molecule has 0 saturated heterocycles. The van der Waals surface area contributed by atoms with Gasteiger partial charge in [-0.05, 0) is 56.1 Å². The van der Waals surface area contributed by atoms with Crippen molar-refractivity contribution >= 4 is 35.5 Å². The molecule has 0 aromatic rings. The lowest BCUT2D eigenvalue weighted by Crippen LogP contribution is -2.60. The molecule has 0 rings (SSSR count). The molecule has 8 N–H and O–H groups in total. The second-order valence-corrected chi connectivity index (χ2v) is 9.80. The lowest BCUT2D eigenvalue weighted by atomic mass is 9.94. The van der Waals surface area contributed by atoms with Gasteiger partial charge in [-0.1, -0.05) is 40.5 Å². The van der Waals surface area contributed by atoms with E-state index in [0.29, 0.717) is 38.6 Å². The third kappa shape index (κ3) is 11.5. The average molecular weight is 504 g/mol. The molecule has 0 aromatic heterocycles. The van der Waals surface area contributed by atoms with Gasteiger partial charge >= 0.3 is 5.97 Å². The Morgan fingerprint density at radius 3 is 1.79 bits per heavy atom. The SMILES string of the molecule is CCC(C)C(NC(=O)C(N)CCSC)C(=O)NC(C(=O)NC(CCCCN)C(=O)O)C(C)CC. The molecule has 0 aliphatic rings. The topological polar surface area (TPSA) is 177 Å². The molecule has 0 fully saturated rings. The summed E-state index contributed by atoms with van der Waals surface area (Å²) in [6, 6.07) is -3.60. The number of aliphatic carboxylic acids is 1. The van der Waals surface area contributed by atoms with Crippen LogP contribution in [0, 0.1) is 11.8 Å². The van der Waals surface area contributed by atoms with Gasteiger partial charge in [-0.3, -0.25) is 14.4 Å². The lowest BCUT2D eigenvalue weighted by molar-refractivity contribution is -0.143. The van der Waals surface area contributed by atoms with E-state index >= 15 is 0 Å². The first-order valence-corrected chi connectivity index (χ1v) is 13.5. The molecular formula is C23H45N5O5S. The van der Waals surface area contributed by atoms with Crippen LogP contribution in [0.4, 0.5) is 0 Å². The normalized spacial score (nSPS) is 16.4. The van der Waals surface area contributed by atoms with Crippen LogP contribution >= 0.6 is 11.8 Å². The van der Waals surface area contributed by atoms with Crippen molar-refractivity contribution in [2.75, 3.05) is 18.6 Å². The van der Waals surface area contributed by atoms with Crippen molar-refractivity contribution in [2.45, 2.75) is 90.4 Å². The van der Waals surface area contributed by atoms with Crippen LogP contribution in [-0.2, 0) is 19.2 Å². The summed E-state index contributed by atoms with van der Waals surface area (Å²) in [5, 5.41) is 17.6. The van der Waals surface area contributed by atoms with E-state index in [1.54, 1.807) is 11.8 Å². The van der Waals surface area contributed by atoms with Gasteiger partial charge in [-0.15, -0.1) is 0 Å². The monoisotopic (exact) mass is 503 g/mol. The lowest BCUT2D eigenvalue weighted by Gasteiger charge is -2.30. The number of hydrogen-bond acceptors (Lipinski definition) is 7. The van der Waals surface area contributed by atoms with Crippen LogP contribution in [0.25, 0.3) is 0 Å². The minimum absolute atomic E-state index is 0.194. The summed E-state index contributed by atoms with van der Waals surface area (Å²) in [5.41, 5.74) is 11.4. The third-order valence-electron chi connectivity index (χ3n) is 6.12. The van der Waals surface area contributed by atoms with Gasteiger partial charge in [-0.2, -0.15) is 11.8 Å². The van der Waals surface area contributed by atoms with Crippen LogP contribution in [-0.4, -0.2) is 71.5 Å². The summed E-state index contributed by atoms with van der Waals surface area (Å²) in [6.45, 7) is 7.88. The maximum atomic E-state index is 13.2. The molecular weight excluding hydrogens is 458 g/mol. The van der Waals surface area contributed by atoms with Gasteiger partial charge in [0.15, 0.2) is 0 Å². The standard InChI is InChI=1S/C23H45N5O5S/c1-6-14(3)18(21(30)26-17(23(32)33)10-8-9-12-24)28-22(31)19(15(4)7-2)27-20(29)16(25)11-13-34-5/h14-19H,6-13,24-25H2,1-5H3,(H,26,30)(H,27,29)(H,28,31)(H,32,33). The van der Waals surface area contributed by atoms with Crippen LogP contribution < -0.4 is 27.4 Å². The fraction of sp³-hybridized carbons (Fsp3) is 0.826. The van der Waals surface area contributed by atoms with Crippen molar-refractivity contribution in [1.29, 1.82) is 0 Å². The Balaban J connectivity index is 5.50. The van der Waals surface area contributed by atoms with E-state index in [0.717, 1.165) is 5.75 Å². The number of thioether (sulfide) groups is 1. The number of nitrogens with one attached hydrogen (secondary N) is 3. The maximum absolute atomic E-state index is 13.2. The first-order valence-electron chi connectivity index (χ1n) is 12.1. The minimum Gasteiger partial charge on any atom is -0.480 e. The summed E-state index contributed by atoms with van der Waals surface area (Å²) < 4.78 is 0. The highest BCUT2D eigenvalue weighted by Crippen LogP contribution is 2.13. The van der Waals surface area contributed by atoms with Crippen LogP contribution in [0.2, 0.25) is 0 Å². The van der Waals surface area contributed by atoms with Gasteiger partial charge < -0.3 is 32.5 Å². The van der Waals surface area contributed by atoms with Crippen LogP contribution in [0.1, 0.15) is 66.2 Å². The number of carboxylic acids is 1. The molecule has 0 heterocycles. The van der Waals surface area contributed by atoms with Gasteiger partial charge in [0.2, 0.25) is 17.7 Å². The molecule has 34 heavy (non-hydrogen) atoms. The highest BCUT2D eigenvalue weighted by molar-refractivity contribution is 7.98. The van der Waals surface area contributed by atoms with E-state index in [1.807, 2.05) is 34.0 Å². The molecule has 6 unspecified atom stereocenters. The Morgan fingerprint density at radius 1 is 0.853 bits per heavy atom. The number of unbranched alkanes of at least 4 members (excludes halogenated alkanes) is 1. The zero-order valence-electron chi connectivity index (χ0n) is 21.3. The Labute approximate surface area is 208 Å². The van der Waals surface area contributed by atoms with Gasteiger partial charge in [0, 0.05) is 0 Å². The van der Waals surface area contributed by atoms with Crippen molar-refractivity contribution in [1.82, 2.24) is 16.0 Å². The molecule has 0 bridgehead atoms. The number of amides is 3. The third-order valence-corrected chi connectivity index (χ3v) is 6.76. The first-order chi connectivity index (χ1) is 16.0. The average Bonchev–Trinajstić information content (AvgIpc) is 2.81. The van der Waals surface area contributed by atoms with Crippen molar-refractivity contribution in [3.8, 4) is 0 Å². The van der Waals surface area contributed by atoms with Gasteiger partial charge in [0.1, 0.15) is 18.1 Å². The number of hydrogen-bond donors (Lipinski definition) is 6. The summed E-state index contributed by atoms with van der Waals surface area (Å²) in [7, 11) is 0. The molecule has 6 atom stereocenters. The second kappa shape index (κ2) is 17.6. The molecule has 0 aliphatic heterocycles. The predicted octanol–water partition coefficient (Wildman–Crippen LogP) is 0.827. The van der Waals surface area contributed by atoms with Crippen molar-refractivity contribution < 1.29 is 24.3 Å². The Hall–Kier alpha value is -1.85. The quantitative estimate of drug-likeness (QED) is 0.149. The van der Waals surface area contributed by atoms with Crippen molar-refractivity contribution in [3.63, 3.8) is 0 Å². The van der Waals surface area contributed by atoms with Crippen molar-refractivity contribution in [2.24, 2.45) is 23.3 Å². The number of carbonyl (C=O) groups excluding carboxylic acids is 3. The molecule has 198 valence electrons. The largest absolute Gasteiger partial charge is 0.480 e. The van der Waals surface area contributed by atoms with Crippen LogP contribution in [0.5, 0.6) is 0 Å². The Morgan fingerprint density at radius 2 is 1.35 bits per heavy atom. The van der Waals surface area contributed by atoms with E-state index < -0.39 is 47.9 Å². The number of nitrogens with two attached hydrogens (primary N) is 2. The highest BCUT2D eigenvalue weighted by Gasteiger charge is 2.34. The summed E-state index contributed by atoms with van der Waals surface area (Å²) in [4.78, 5) is 50.4. The van der Waals surface area contributed by atoms with Gasteiger partial charge in [0.25, 0.3) is 0 Å². The molecule has 0 aromatic carbocycles. The molecule has 0 aliphatic carbocycles. The first kappa shape index (κ1) is 32.1. The fourth-order valence-corrected chi connectivity index (χ4v) is 3.78. The van der Waals surface area contributed by atoms with Crippen LogP contribution in [0.15, 0.2) is 0 Å². The summed E-state index contributed by atoms with van der Waals surface area (Å²) in [5.74, 6) is -2.32. The molecule has 10 nitrogen and oxygen atoms in total. The van der Waals surface area contributed by atoms with E-state index in [9.17, 15) is 24.3 Å². The number of carboxylic acid groups (broad SMARTS) is 1. The van der Waals surface area contributed by atoms with E-state index in [4.69, 9.17) is 11.5 Å². The number of carbonyl (C=O) groups is 4. The molecule has 11 heteroatoms. The fourth-order valence-electron chi connectivity index (χ4n) is 3.29. The Kier molecular flexibility index (Phi) is 16.6. The molecule has 0 spiro atoms. The summed E-state index contributed by atoms with van der Waals surface area (Å²) >= 11 is 1.58. The van der Waals surface area contributed by atoms with E-state index in [2.05, 4.69) is 16.0 Å². The number of rotatable bonds is 18. The smallest absolute Gasteiger partial charge is 0.326 e.